The third-order valence-electron chi connectivity index (χ3n) is 2.87. The molecule has 1 aromatic carbocycles. The number of thioether (sulfide) groups is 1. The highest BCUT2D eigenvalue weighted by atomic mass is 32.2. The van der Waals surface area contributed by atoms with Crippen molar-refractivity contribution >= 4 is 11.8 Å². The Bertz CT molecular complexity index is 346. The van der Waals surface area contributed by atoms with Gasteiger partial charge in [0.25, 0.3) is 0 Å². The lowest BCUT2D eigenvalue weighted by atomic mass is 10.1. The van der Waals surface area contributed by atoms with Crippen LogP contribution in [-0.2, 0) is 0 Å². The normalized spacial score (nSPS) is 14.1. The van der Waals surface area contributed by atoms with Crippen molar-refractivity contribution in [3.05, 3.63) is 23.8 Å². The predicted molar refractivity (Wildman–Crippen MR) is 76.7 cm³/mol. The first kappa shape index (κ1) is 15.2. The maximum absolute atomic E-state index is 10.2. The molecule has 2 unspecified atom stereocenters. The van der Waals surface area contributed by atoms with Crippen LogP contribution in [0.2, 0.25) is 0 Å². The molecule has 0 aliphatic rings. The predicted octanol–water partition coefficient (Wildman–Crippen LogP) is 3.27. The van der Waals surface area contributed by atoms with Crippen LogP contribution < -0.4 is 9.47 Å². The van der Waals surface area contributed by atoms with Gasteiger partial charge in [-0.1, -0.05) is 13.8 Å². The lowest BCUT2D eigenvalue weighted by Gasteiger charge is -2.15. The molecule has 0 spiro atoms. The molecule has 4 heteroatoms. The smallest absolute Gasteiger partial charge is 0.122 e. The third-order valence-corrected chi connectivity index (χ3v) is 4.28. The van der Waals surface area contributed by atoms with Crippen LogP contribution in [-0.4, -0.2) is 30.3 Å². The molecule has 0 radical (unpaired) electrons. The first-order valence-electron chi connectivity index (χ1n) is 6.13. The third kappa shape index (κ3) is 4.42. The van der Waals surface area contributed by atoms with E-state index in [0.717, 1.165) is 12.0 Å². The molecule has 0 aliphatic carbocycles. The minimum absolute atomic E-state index is 0.493. The molecule has 0 amide bonds. The molecule has 0 aliphatic heterocycles. The van der Waals surface area contributed by atoms with E-state index in [4.69, 9.17) is 9.47 Å². The van der Waals surface area contributed by atoms with Gasteiger partial charge in [0.1, 0.15) is 11.5 Å². The Labute approximate surface area is 113 Å². The van der Waals surface area contributed by atoms with Crippen molar-refractivity contribution < 1.29 is 14.6 Å². The van der Waals surface area contributed by atoms with Gasteiger partial charge < -0.3 is 14.6 Å². The maximum atomic E-state index is 10.2. The summed E-state index contributed by atoms with van der Waals surface area (Å²) in [5.74, 6) is 2.10. The summed E-state index contributed by atoms with van der Waals surface area (Å²) in [7, 11) is 3.22. The fourth-order valence-electron chi connectivity index (χ4n) is 1.49. The first-order valence-corrected chi connectivity index (χ1v) is 7.18. The van der Waals surface area contributed by atoms with Crippen LogP contribution in [0.3, 0.4) is 0 Å². The molecule has 0 heterocycles. The minimum Gasteiger partial charge on any atom is -0.497 e. The molecule has 0 aromatic heterocycles. The Morgan fingerprint density at radius 2 is 1.72 bits per heavy atom. The van der Waals surface area contributed by atoms with Crippen molar-refractivity contribution in [3.63, 3.8) is 0 Å². The Balaban J connectivity index is 2.74. The Hall–Kier alpha value is -0.870. The van der Waals surface area contributed by atoms with Crippen molar-refractivity contribution in [2.24, 2.45) is 0 Å². The van der Waals surface area contributed by atoms with Crippen molar-refractivity contribution in [1.82, 2.24) is 0 Å². The molecule has 1 aromatic rings. The van der Waals surface area contributed by atoms with Crippen LogP contribution in [0, 0.1) is 0 Å². The van der Waals surface area contributed by atoms with Crippen LogP contribution in [0.4, 0.5) is 0 Å². The van der Waals surface area contributed by atoms with Gasteiger partial charge in [-0.2, -0.15) is 11.8 Å². The zero-order valence-corrected chi connectivity index (χ0v) is 12.3. The zero-order valence-electron chi connectivity index (χ0n) is 11.5. The number of hydrogen-bond acceptors (Lipinski definition) is 4. The zero-order chi connectivity index (χ0) is 13.5. The number of aliphatic hydroxyl groups excluding tert-OH is 1. The summed E-state index contributed by atoms with van der Waals surface area (Å²) in [5, 5.41) is 10.7. The van der Waals surface area contributed by atoms with Gasteiger partial charge in [-0.15, -0.1) is 0 Å². The van der Waals surface area contributed by atoms with E-state index in [1.165, 1.54) is 0 Å². The van der Waals surface area contributed by atoms with E-state index < -0.39 is 6.10 Å². The summed E-state index contributed by atoms with van der Waals surface area (Å²) in [5.41, 5.74) is 0.835. The van der Waals surface area contributed by atoms with E-state index >= 15 is 0 Å². The summed E-state index contributed by atoms with van der Waals surface area (Å²) in [6.45, 7) is 4.32. The number of hydrogen-bond donors (Lipinski definition) is 1. The summed E-state index contributed by atoms with van der Waals surface area (Å²) >= 11 is 1.77. The number of ether oxygens (including phenoxy) is 2. The number of aliphatic hydroxyl groups is 1. The fraction of sp³-hybridized carbons (Fsp3) is 0.571. The number of benzene rings is 1. The van der Waals surface area contributed by atoms with Crippen molar-refractivity contribution in [3.8, 4) is 11.5 Å². The molecule has 0 fully saturated rings. The lowest BCUT2D eigenvalue weighted by molar-refractivity contribution is 0.203. The van der Waals surface area contributed by atoms with Gasteiger partial charge in [-0.25, -0.2) is 0 Å². The Morgan fingerprint density at radius 3 is 2.17 bits per heavy atom. The van der Waals surface area contributed by atoms with Crippen LogP contribution in [0.25, 0.3) is 0 Å². The first-order chi connectivity index (χ1) is 8.60. The fourth-order valence-corrected chi connectivity index (χ4v) is 2.43. The van der Waals surface area contributed by atoms with Gasteiger partial charge in [0.15, 0.2) is 0 Å². The van der Waals surface area contributed by atoms with E-state index in [1.807, 2.05) is 12.1 Å². The van der Waals surface area contributed by atoms with Crippen LogP contribution in [0.15, 0.2) is 18.2 Å². The standard InChI is InChI=1S/C14H22O3S/c1-5-10(2)18-9-14(15)11-6-12(16-3)8-13(7-11)17-4/h6-8,10,14-15H,5,9H2,1-4H3. The van der Waals surface area contributed by atoms with Crippen molar-refractivity contribution in [1.29, 1.82) is 0 Å². The van der Waals surface area contributed by atoms with Gasteiger partial charge in [-0.05, 0) is 24.1 Å². The highest BCUT2D eigenvalue weighted by Gasteiger charge is 2.12. The Morgan fingerprint density at radius 1 is 1.17 bits per heavy atom. The second-order valence-electron chi connectivity index (χ2n) is 4.21. The maximum Gasteiger partial charge on any atom is 0.122 e. The molecule has 1 N–H and O–H groups in total. The van der Waals surface area contributed by atoms with Crippen LogP contribution in [0.1, 0.15) is 31.9 Å². The van der Waals surface area contributed by atoms with Crippen LogP contribution >= 0.6 is 11.8 Å². The van der Waals surface area contributed by atoms with Gasteiger partial charge in [0.05, 0.1) is 20.3 Å². The molecule has 3 nitrogen and oxygen atoms in total. The topological polar surface area (TPSA) is 38.7 Å². The minimum atomic E-state index is -0.493. The molecular weight excluding hydrogens is 248 g/mol. The van der Waals surface area contributed by atoms with Gasteiger partial charge >= 0.3 is 0 Å². The van der Waals surface area contributed by atoms with Gasteiger partial charge in [0.2, 0.25) is 0 Å². The highest BCUT2D eigenvalue weighted by molar-refractivity contribution is 7.99. The summed E-state index contributed by atoms with van der Waals surface area (Å²) in [6, 6.07) is 5.51. The van der Waals surface area contributed by atoms with E-state index in [1.54, 1.807) is 32.0 Å². The summed E-state index contributed by atoms with van der Waals surface area (Å²) in [6.07, 6.45) is 0.617. The summed E-state index contributed by atoms with van der Waals surface area (Å²) < 4.78 is 10.4. The molecular formula is C14H22O3S. The molecule has 1 rings (SSSR count). The molecule has 0 bridgehead atoms. The molecule has 0 saturated heterocycles. The average Bonchev–Trinajstić information content (AvgIpc) is 2.43. The lowest BCUT2D eigenvalue weighted by Crippen LogP contribution is -2.05. The number of rotatable bonds is 7. The second kappa shape index (κ2) is 7.54. The Kier molecular flexibility index (Phi) is 6.36. The van der Waals surface area contributed by atoms with Gasteiger partial charge in [-0.3, -0.25) is 0 Å². The average molecular weight is 270 g/mol. The second-order valence-corrected chi connectivity index (χ2v) is 5.69. The monoisotopic (exact) mass is 270 g/mol. The van der Waals surface area contributed by atoms with Crippen molar-refractivity contribution in [2.45, 2.75) is 31.6 Å². The molecule has 18 heavy (non-hydrogen) atoms. The highest BCUT2D eigenvalue weighted by Crippen LogP contribution is 2.29. The largest absolute Gasteiger partial charge is 0.497 e. The SMILES string of the molecule is CCC(C)SCC(O)c1cc(OC)cc(OC)c1. The van der Waals surface area contributed by atoms with Crippen LogP contribution in [0.5, 0.6) is 11.5 Å². The molecule has 102 valence electrons. The molecule has 2 atom stereocenters. The van der Waals surface area contributed by atoms with E-state index in [0.29, 0.717) is 22.5 Å². The van der Waals surface area contributed by atoms with E-state index in [2.05, 4.69) is 13.8 Å². The number of methoxy groups -OCH3 is 2. The molecule has 0 saturated carbocycles. The summed E-state index contributed by atoms with van der Waals surface area (Å²) in [4.78, 5) is 0. The quantitative estimate of drug-likeness (QED) is 0.825. The van der Waals surface area contributed by atoms with E-state index in [9.17, 15) is 5.11 Å². The van der Waals surface area contributed by atoms with Crippen molar-refractivity contribution in [2.75, 3.05) is 20.0 Å². The van der Waals surface area contributed by atoms with Gasteiger partial charge in [0, 0.05) is 17.1 Å². The van der Waals surface area contributed by atoms with E-state index in [-0.39, 0.29) is 0 Å².